The van der Waals surface area contributed by atoms with Gasteiger partial charge >= 0.3 is 6.03 Å². The molecule has 1 saturated heterocycles. The first-order valence-corrected chi connectivity index (χ1v) is 17.5. The van der Waals surface area contributed by atoms with Crippen LogP contribution in [0.15, 0.2) is 127 Å². The third-order valence-electron chi connectivity index (χ3n) is 8.14. The molecule has 0 aliphatic carbocycles. The molecule has 0 spiro atoms. The third-order valence-corrected chi connectivity index (χ3v) is 9.22. The zero-order valence-electron chi connectivity index (χ0n) is 27.0. The predicted octanol–water partition coefficient (Wildman–Crippen LogP) is 8.23. The number of carbonyl (C=O) groups excluding carboxylic acids is 1. The number of urea groups is 1. The van der Waals surface area contributed by atoms with Gasteiger partial charge in [-0.15, -0.1) is 0 Å². The Balaban J connectivity index is 1.05. The van der Waals surface area contributed by atoms with E-state index >= 15 is 0 Å². The SMILES string of the molecule is O=C(NCc1cccc(-c2ccc(C3OC(CSCCO)CC(c4ccc(CO)cc4)O3)cc2)c1)Nc1ccc(Oc2ccccc2)cc1. The molecule has 0 saturated carbocycles. The van der Waals surface area contributed by atoms with E-state index in [4.69, 9.17) is 14.2 Å². The predicted molar refractivity (Wildman–Crippen MR) is 194 cm³/mol. The Hall–Kier alpha value is -4.64. The summed E-state index contributed by atoms with van der Waals surface area (Å²) in [7, 11) is 0. The molecule has 3 unspecified atom stereocenters. The Morgan fingerprint density at radius 2 is 1.49 bits per heavy atom. The van der Waals surface area contributed by atoms with Crippen LogP contribution in [0.5, 0.6) is 11.5 Å². The Labute approximate surface area is 291 Å². The molecule has 0 bridgehead atoms. The summed E-state index contributed by atoms with van der Waals surface area (Å²) in [5.41, 5.74) is 6.54. The molecule has 5 aromatic carbocycles. The molecule has 0 aromatic heterocycles. The van der Waals surface area contributed by atoms with Gasteiger partial charge in [-0.3, -0.25) is 0 Å². The molecular weight excluding hydrogens is 637 g/mol. The largest absolute Gasteiger partial charge is 0.457 e. The Morgan fingerprint density at radius 1 is 0.755 bits per heavy atom. The van der Waals surface area contributed by atoms with Crippen molar-refractivity contribution in [2.45, 2.75) is 38.1 Å². The number of aliphatic hydroxyl groups is 2. The maximum Gasteiger partial charge on any atom is 0.319 e. The molecule has 6 rings (SSSR count). The summed E-state index contributed by atoms with van der Waals surface area (Å²) in [5, 5.41) is 24.5. The van der Waals surface area contributed by atoms with Crippen LogP contribution in [0.3, 0.4) is 0 Å². The quantitative estimate of drug-likeness (QED) is 0.0931. The highest BCUT2D eigenvalue weighted by Gasteiger charge is 2.32. The number of amides is 2. The molecule has 1 heterocycles. The molecule has 1 fully saturated rings. The zero-order chi connectivity index (χ0) is 33.8. The normalized spacial score (nSPS) is 17.3. The van der Waals surface area contributed by atoms with E-state index in [2.05, 4.69) is 28.8 Å². The van der Waals surface area contributed by atoms with Crippen molar-refractivity contribution in [3.8, 4) is 22.6 Å². The van der Waals surface area contributed by atoms with Crippen molar-refractivity contribution in [3.05, 3.63) is 150 Å². The van der Waals surface area contributed by atoms with E-state index in [0.29, 0.717) is 30.2 Å². The number of rotatable bonds is 13. The molecule has 4 N–H and O–H groups in total. The van der Waals surface area contributed by atoms with E-state index in [-0.39, 0.29) is 31.5 Å². The van der Waals surface area contributed by atoms with Crippen molar-refractivity contribution in [3.63, 3.8) is 0 Å². The first-order chi connectivity index (χ1) is 24.1. The summed E-state index contributed by atoms with van der Waals surface area (Å²) < 4.78 is 18.7. The maximum absolute atomic E-state index is 12.6. The van der Waals surface area contributed by atoms with Crippen LogP contribution in [0.1, 0.15) is 41.1 Å². The number of aliphatic hydroxyl groups excluding tert-OH is 2. The van der Waals surface area contributed by atoms with Crippen LogP contribution in [0.4, 0.5) is 10.5 Å². The minimum absolute atomic E-state index is 0.000668. The number of carbonyl (C=O) groups is 1. The Kier molecular flexibility index (Phi) is 12.0. The number of ether oxygens (including phenoxy) is 3. The minimum Gasteiger partial charge on any atom is -0.457 e. The lowest BCUT2D eigenvalue weighted by atomic mass is 9.99. The van der Waals surface area contributed by atoms with Crippen LogP contribution in [0.2, 0.25) is 0 Å². The van der Waals surface area contributed by atoms with Crippen molar-refractivity contribution < 1.29 is 29.2 Å². The topological polar surface area (TPSA) is 109 Å². The molecule has 2 amide bonds. The molecule has 0 radical (unpaired) electrons. The van der Waals surface area contributed by atoms with Gasteiger partial charge in [0.2, 0.25) is 0 Å². The standard InChI is InChI=1S/C40H40N2O6S/c43-21-22-49-27-37-24-38(31-11-9-28(26-44)10-12-31)48-39(47-37)32-15-13-30(14-16-32)33-6-4-5-29(23-33)25-41-40(45)42-34-17-19-36(20-18-34)46-35-7-2-1-3-8-35/h1-20,23,37-39,43-44H,21-22,24-27H2,(H2,41,42,45). The highest BCUT2D eigenvalue weighted by molar-refractivity contribution is 7.99. The van der Waals surface area contributed by atoms with E-state index < -0.39 is 6.29 Å². The first-order valence-electron chi connectivity index (χ1n) is 16.3. The lowest BCUT2D eigenvalue weighted by molar-refractivity contribution is -0.245. The number of anilines is 1. The van der Waals surface area contributed by atoms with Crippen molar-refractivity contribution in [2.75, 3.05) is 23.4 Å². The number of nitrogens with one attached hydrogen (secondary N) is 2. The number of thioether (sulfide) groups is 1. The van der Waals surface area contributed by atoms with Gasteiger partial charge in [0, 0.05) is 35.7 Å². The van der Waals surface area contributed by atoms with Gasteiger partial charge in [-0.2, -0.15) is 11.8 Å². The van der Waals surface area contributed by atoms with Crippen LogP contribution >= 0.6 is 11.8 Å². The minimum atomic E-state index is -0.535. The van der Waals surface area contributed by atoms with Crippen LogP contribution in [0, 0.1) is 0 Å². The molecule has 49 heavy (non-hydrogen) atoms. The fourth-order valence-electron chi connectivity index (χ4n) is 5.58. The number of hydrogen-bond donors (Lipinski definition) is 4. The van der Waals surface area contributed by atoms with Gasteiger partial charge in [-0.05, 0) is 70.3 Å². The fourth-order valence-corrected chi connectivity index (χ4v) is 6.36. The summed E-state index contributed by atoms with van der Waals surface area (Å²) in [4.78, 5) is 12.6. The second-order valence-corrected chi connectivity index (χ2v) is 12.9. The average molecular weight is 677 g/mol. The highest BCUT2D eigenvalue weighted by Crippen LogP contribution is 2.39. The summed E-state index contributed by atoms with van der Waals surface area (Å²) in [6.45, 7) is 0.503. The summed E-state index contributed by atoms with van der Waals surface area (Å²) in [6.07, 6.45) is -0.0146. The molecule has 9 heteroatoms. The lowest BCUT2D eigenvalue weighted by Gasteiger charge is -2.36. The molecular formula is C40H40N2O6S. The second-order valence-electron chi connectivity index (χ2n) is 11.7. The lowest BCUT2D eigenvalue weighted by Crippen LogP contribution is -2.31. The monoisotopic (exact) mass is 676 g/mol. The molecule has 252 valence electrons. The van der Waals surface area contributed by atoms with Crippen molar-refractivity contribution in [1.29, 1.82) is 0 Å². The van der Waals surface area contributed by atoms with E-state index in [9.17, 15) is 15.0 Å². The average Bonchev–Trinajstić information content (AvgIpc) is 3.15. The van der Waals surface area contributed by atoms with Gasteiger partial charge in [0.15, 0.2) is 6.29 Å². The zero-order valence-corrected chi connectivity index (χ0v) is 27.9. The molecule has 8 nitrogen and oxygen atoms in total. The molecule has 1 aliphatic rings. The van der Waals surface area contributed by atoms with Crippen molar-refractivity contribution in [2.24, 2.45) is 0 Å². The van der Waals surface area contributed by atoms with E-state index in [1.54, 1.807) is 23.9 Å². The Bertz CT molecular complexity index is 1770. The number of hydrogen-bond acceptors (Lipinski definition) is 7. The molecule has 5 aromatic rings. The van der Waals surface area contributed by atoms with Crippen molar-refractivity contribution in [1.82, 2.24) is 5.32 Å². The maximum atomic E-state index is 12.6. The highest BCUT2D eigenvalue weighted by atomic mass is 32.2. The summed E-state index contributed by atoms with van der Waals surface area (Å²) in [5.74, 6) is 2.86. The molecule has 3 atom stereocenters. The van der Waals surface area contributed by atoms with Gasteiger partial charge < -0.3 is 35.1 Å². The van der Waals surface area contributed by atoms with Crippen LogP contribution in [0.25, 0.3) is 11.1 Å². The van der Waals surface area contributed by atoms with Crippen molar-refractivity contribution >= 4 is 23.5 Å². The second kappa shape index (κ2) is 17.1. The van der Waals surface area contributed by atoms with Crippen LogP contribution in [-0.2, 0) is 22.6 Å². The van der Waals surface area contributed by atoms with Crippen LogP contribution < -0.4 is 15.4 Å². The third kappa shape index (κ3) is 9.72. The Morgan fingerprint density at radius 3 is 2.22 bits per heavy atom. The molecule has 1 aliphatic heterocycles. The van der Waals surface area contributed by atoms with Gasteiger partial charge in [0.05, 0.1) is 25.4 Å². The van der Waals surface area contributed by atoms with Gasteiger partial charge in [-0.25, -0.2) is 4.79 Å². The number of para-hydroxylation sites is 1. The first kappa shape index (κ1) is 34.2. The van der Waals surface area contributed by atoms with E-state index in [1.807, 2.05) is 97.1 Å². The smallest absolute Gasteiger partial charge is 0.319 e. The van der Waals surface area contributed by atoms with Gasteiger partial charge in [0.1, 0.15) is 11.5 Å². The van der Waals surface area contributed by atoms with E-state index in [0.717, 1.165) is 44.9 Å². The van der Waals surface area contributed by atoms with Gasteiger partial charge in [-0.1, -0.05) is 84.9 Å². The van der Waals surface area contributed by atoms with E-state index in [1.165, 1.54) is 0 Å². The van der Waals surface area contributed by atoms with Gasteiger partial charge in [0.25, 0.3) is 0 Å². The fraction of sp³-hybridized carbons (Fsp3) is 0.225. The number of benzene rings is 5. The van der Waals surface area contributed by atoms with Crippen LogP contribution in [-0.4, -0.2) is 40.5 Å². The summed E-state index contributed by atoms with van der Waals surface area (Å²) in [6, 6.07) is 40.6. The summed E-state index contributed by atoms with van der Waals surface area (Å²) >= 11 is 1.67.